The molecule has 14 atom stereocenters. The number of ketones is 2. The SMILES string of the molecule is COC1CC2CCC(C)C(O)(CC(=O)N3CCCCC3C(=O)OC(C(C)CC3CCC(O)C(O)C3)CC(=O)C(C)C=C(C)C(O)CC(=O)C(C)CC(C)C=CC=CC=C1C)O2. The summed E-state index contributed by atoms with van der Waals surface area (Å²) in [5.74, 6) is -4.41. The molecule has 3 heterocycles. The zero-order valence-corrected chi connectivity index (χ0v) is 38.2. The number of amides is 1. The number of aliphatic hydroxyl groups excluding tert-OH is 3. The minimum atomic E-state index is -1.75. The van der Waals surface area contributed by atoms with Crippen LogP contribution in [-0.2, 0) is 33.4 Å². The third kappa shape index (κ3) is 14.8. The lowest BCUT2D eigenvalue weighted by atomic mass is 9.78. The van der Waals surface area contributed by atoms with Gasteiger partial charge in [0.05, 0.1) is 36.9 Å². The van der Waals surface area contributed by atoms with Gasteiger partial charge in [0.1, 0.15) is 23.7 Å². The van der Waals surface area contributed by atoms with Crippen LogP contribution in [0.4, 0.5) is 0 Å². The number of rotatable bonds is 4. The quantitative estimate of drug-likeness (QED) is 0.174. The van der Waals surface area contributed by atoms with Crippen molar-refractivity contribution >= 4 is 23.4 Å². The molecular weight excluding hydrogens is 779 g/mol. The van der Waals surface area contributed by atoms with E-state index >= 15 is 0 Å². The van der Waals surface area contributed by atoms with Crippen molar-refractivity contribution in [2.24, 2.45) is 35.5 Å². The number of esters is 1. The van der Waals surface area contributed by atoms with Crippen LogP contribution in [0, 0.1) is 35.5 Å². The molecule has 344 valence electrons. The first-order valence-electron chi connectivity index (χ1n) is 23.0. The van der Waals surface area contributed by atoms with Gasteiger partial charge in [0.25, 0.3) is 0 Å². The minimum Gasteiger partial charge on any atom is -0.460 e. The lowest BCUT2D eigenvalue weighted by molar-refractivity contribution is -0.284. The van der Waals surface area contributed by atoms with Crippen molar-refractivity contribution in [3.05, 3.63) is 47.6 Å². The molecule has 61 heavy (non-hydrogen) atoms. The summed E-state index contributed by atoms with van der Waals surface area (Å²) in [7, 11) is 1.64. The van der Waals surface area contributed by atoms with Crippen molar-refractivity contribution < 1.29 is 53.8 Å². The van der Waals surface area contributed by atoms with Gasteiger partial charge < -0.3 is 39.5 Å². The number of piperidine rings is 1. The van der Waals surface area contributed by atoms with Gasteiger partial charge >= 0.3 is 5.97 Å². The molecule has 2 saturated heterocycles. The van der Waals surface area contributed by atoms with Crippen LogP contribution >= 0.6 is 0 Å². The highest BCUT2D eigenvalue weighted by molar-refractivity contribution is 5.86. The van der Waals surface area contributed by atoms with Crippen molar-refractivity contribution in [1.82, 2.24) is 4.90 Å². The van der Waals surface area contributed by atoms with Crippen molar-refractivity contribution in [2.45, 2.75) is 187 Å². The highest BCUT2D eigenvalue weighted by Gasteiger charge is 2.46. The Kier molecular flexibility index (Phi) is 19.6. The first-order chi connectivity index (χ1) is 28.8. The molecule has 0 radical (unpaired) electrons. The molecule has 1 saturated carbocycles. The lowest BCUT2D eigenvalue weighted by Crippen LogP contribution is -2.55. The largest absolute Gasteiger partial charge is 0.460 e. The number of allylic oxidation sites excluding steroid dienone is 6. The topological polar surface area (TPSA) is 180 Å². The predicted molar refractivity (Wildman–Crippen MR) is 234 cm³/mol. The number of aliphatic hydroxyl groups is 4. The molecule has 14 unspecified atom stereocenters. The number of ether oxygens (including phenoxy) is 3. The molecule has 0 aromatic carbocycles. The maximum absolute atomic E-state index is 14.2. The van der Waals surface area contributed by atoms with Crippen molar-refractivity contribution in [3.8, 4) is 0 Å². The molecule has 4 N–H and O–H groups in total. The molecule has 1 amide bonds. The molecule has 4 aliphatic rings. The number of nitrogens with zero attached hydrogens (tertiary/aromatic N) is 1. The van der Waals surface area contributed by atoms with Gasteiger partial charge in [0.15, 0.2) is 5.79 Å². The van der Waals surface area contributed by atoms with Crippen molar-refractivity contribution in [2.75, 3.05) is 13.7 Å². The fraction of sp³-hybridized carbons (Fsp3) is 0.755. The molecule has 1 aliphatic carbocycles. The van der Waals surface area contributed by atoms with E-state index in [0.29, 0.717) is 82.7 Å². The first kappa shape index (κ1) is 50.6. The van der Waals surface area contributed by atoms with E-state index in [2.05, 4.69) is 0 Å². The van der Waals surface area contributed by atoms with Crippen LogP contribution < -0.4 is 0 Å². The van der Waals surface area contributed by atoms with Gasteiger partial charge in [-0.1, -0.05) is 71.1 Å². The maximum atomic E-state index is 14.2. The van der Waals surface area contributed by atoms with Crippen molar-refractivity contribution in [3.63, 3.8) is 0 Å². The molecule has 0 aromatic rings. The molecule has 3 fully saturated rings. The van der Waals surface area contributed by atoms with E-state index < -0.39 is 54.0 Å². The second-order valence-corrected chi connectivity index (χ2v) is 19.2. The fourth-order valence-corrected chi connectivity index (χ4v) is 9.64. The normalized spacial score (nSPS) is 38.3. The fourth-order valence-electron chi connectivity index (χ4n) is 9.64. The average molecular weight is 856 g/mol. The highest BCUT2D eigenvalue weighted by atomic mass is 16.6. The Balaban J connectivity index is 1.63. The van der Waals surface area contributed by atoms with E-state index in [1.807, 2.05) is 65.0 Å². The van der Waals surface area contributed by atoms with E-state index in [9.17, 15) is 39.6 Å². The number of hydrogen-bond acceptors (Lipinski definition) is 11. The number of fused-ring (bicyclic) bond motifs is 3. The second-order valence-electron chi connectivity index (χ2n) is 19.2. The van der Waals surface area contributed by atoms with Crippen LogP contribution in [0.5, 0.6) is 0 Å². The number of hydrogen-bond donors (Lipinski definition) is 4. The van der Waals surface area contributed by atoms with Gasteiger partial charge in [-0.2, -0.15) is 0 Å². The van der Waals surface area contributed by atoms with Gasteiger partial charge in [0, 0.05) is 50.7 Å². The average Bonchev–Trinajstić information content (AvgIpc) is 3.21. The summed E-state index contributed by atoms with van der Waals surface area (Å²) in [4.78, 5) is 57.1. The molecule has 0 aromatic heterocycles. The summed E-state index contributed by atoms with van der Waals surface area (Å²) >= 11 is 0. The van der Waals surface area contributed by atoms with E-state index in [-0.39, 0.29) is 72.6 Å². The molecular formula is C49H77NO11. The number of methoxy groups -OCH3 is 1. The molecule has 3 aliphatic heterocycles. The van der Waals surface area contributed by atoms with Gasteiger partial charge in [-0.3, -0.25) is 14.4 Å². The van der Waals surface area contributed by atoms with Crippen LogP contribution in [0.1, 0.15) is 138 Å². The zero-order valence-electron chi connectivity index (χ0n) is 38.2. The maximum Gasteiger partial charge on any atom is 0.329 e. The number of Topliss-reactive ketones (excluding diaryl/α,β-unsaturated/α-hetero) is 2. The standard InChI is InChI=1S/C49H77NO11/c1-30-14-10-9-11-15-31(2)45(59-8)26-38-19-17-36(7)49(58,61-38)29-47(56)50-21-13-12-16-39(50)48(57)60-46(35(6)24-37-18-20-40(51)44(55)25-37)28-43(54)34(5)23-33(4)42(53)27-41(52)32(3)22-30/h9-11,14-15,23,30,32,34-40,42,44-46,51,53,55,58H,12-13,16-22,24-29H2,1-8H3. The Labute approximate surface area is 364 Å². The van der Waals surface area contributed by atoms with E-state index in [0.717, 1.165) is 5.57 Å². The van der Waals surface area contributed by atoms with E-state index in [1.54, 1.807) is 27.0 Å². The predicted octanol–water partition coefficient (Wildman–Crippen LogP) is 6.72. The van der Waals surface area contributed by atoms with E-state index in [1.165, 1.54) is 4.90 Å². The highest BCUT2D eigenvalue weighted by Crippen LogP contribution is 2.38. The van der Waals surface area contributed by atoms with Gasteiger partial charge in [0.2, 0.25) is 5.91 Å². The molecule has 12 nitrogen and oxygen atoms in total. The van der Waals surface area contributed by atoms with Gasteiger partial charge in [-0.25, -0.2) is 4.79 Å². The Morgan fingerprint density at radius 2 is 1.59 bits per heavy atom. The Bertz CT molecular complexity index is 1600. The summed E-state index contributed by atoms with van der Waals surface area (Å²) < 4.78 is 18.5. The monoisotopic (exact) mass is 856 g/mol. The van der Waals surface area contributed by atoms with Crippen LogP contribution in [0.2, 0.25) is 0 Å². The summed E-state index contributed by atoms with van der Waals surface area (Å²) in [6.07, 6.45) is 13.1. The number of carbonyl (C=O) groups is 4. The van der Waals surface area contributed by atoms with Crippen LogP contribution in [0.3, 0.4) is 0 Å². The van der Waals surface area contributed by atoms with Crippen LogP contribution in [0.25, 0.3) is 0 Å². The molecule has 0 spiro atoms. The summed E-state index contributed by atoms with van der Waals surface area (Å²) in [5.41, 5.74) is 1.49. The third-order valence-corrected chi connectivity index (χ3v) is 14.0. The smallest absolute Gasteiger partial charge is 0.329 e. The number of carbonyl (C=O) groups excluding carboxylic acids is 4. The van der Waals surface area contributed by atoms with Gasteiger partial charge in [-0.05, 0) is 107 Å². The Morgan fingerprint density at radius 3 is 2.30 bits per heavy atom. The van der Waals surface area contributed by atoms with Gasteiger partial charge in [-0.15, -0.1) is 0 Å². The lowest BCUT2D eigenvalue weighted by Gasteiger charge is -2.44. The second kappa shape index (κ2) is 23.6. The van der Waals surface area contributed by atoms with Crippen LogP contribution in [0.15, 0.2) is 47.6 Å². The first-order valence-corrected chi connectivity index (χ1v) is 23.0. The third-order valence-electron chi connectivity index (χ3n) is 14.0. The molecule has 2 bridgehead atoms. The van der Waals surface area contributed by atoms with Crippen molar-refractivity contribution in [1.29, 1.82) is 0 Å². The summed E-state index contributed by atoms with van der Waals surface area (Å²) in [6.45, 7) is 13.5. The molecule has 12 heteroatoms. The minimum absolute atomic E-state index is 0.0520. The zero-order chi connectivity index (χ0) is 45.0. The number of cyclic esters (lactones) is 1. The summed E-state index contributed by atoms with van der Waals surface area (Å²) in [5, 5.41) is 43.6. The summed E-state index contributed by atoms with van der Waals surface area (Å²) in [6, 6.07) is -0.904. The Morgan fingerprint density at radius 1 is 0.852 bits per heavy atom. The molecule has 4 rings (SSSR count). The van der Waals surface area contributed by atoms with Crippen LogP contribution in [-0.4, -0.2) is 111 Å². The van der Waals surface area contributed by atoms with E-state index in [4.69, 9.17) is 14.2 Å². The Hall–Kier alpha value is -3.00.